The fraction of sp³-hybridized carbons (Fsp3) is 0.154. The topological polar surface area (TPSA) is 71.3 Å². The summed E-state index contributed by atoms with van der Waals surface area (Å²) in [4.78, 5) is 12.7. The van der Waals surface area contributed by atoms with Crippen LogP contribution in [-0.4, -0.2) is 12.5 Å². The molecule has 0 saturated heterocycles. The summed E-state index contributed by atoms with van der Waals surface area (Å²) in [7, 11) is 0. The summed E-state index contributed by atoms with van der Waals surface area (Å²) < 4.78 is 26.3. The van der Waals surface area contributed by atoms with E-state index in [0.717, 1.165) is 5.56 Å². The molecule has 174 valence electrons. The van der Waals surface area contributed by atoms with E-state index in [9.17, 15) is 14.4 Å². The third-order valence-corrected chi connectivity index (χ3v) is 5.82. The van der Waals surface area contributed by atoms with Crippen LogP contribution in [0.4, 0.5) is 10.1 Å². The molecule has 0 aliphatic rings. The number of ether oxygens (including phenoxy) is 2. The molecule has 0 radical (unpaired) electrons. The number of rotatable bonds is 8. The Morgan fingerprint density at radius 1 is 1.21 bits per heavy atom. The zero-order valence-electron chi connectivity index (χ0n) is 18.5. The predicted octanol–water partition coefficient (Wildman–Crippen LogP) is 6.92. The third kappa shape index (κ3) is 6.49. The second kappa shape index (κ2) is 11.9. The van der Waals surface area contributed by atoms with Crippen molar-refractivity contribution >= 4 is 51.9 Å². The van der Waals surface area contributed by atoms with Crippen LogP contribution in [0.5, 0.6) is 11.5 Å². The number of hydrogen-bond acceptors (Lipinski definition) is 4. The Balaban J connectivity index is 1.87. The Hall–Kier alpha value is -3.09. The number of amides is 1. The van der Waals surface area contributed by atoms with Crippen molar-refractivity contribution in [2.45, 2.75) is 20.5 Å². The van der Waals surface area contributed by atoms with Crippen LogP contribution in [-0.2, 0) is 11.4 Å². The lowest BCUT2D eigenvalue weighted by Crippen LogP contribution is -2.14. The lowest BCUT2D eigenvalue weighted by Gasteiger charge is -2.15. The minimum absolute atomic E-state index is 0.0305. The second-order valence-corrected chi connectivity index (χ2v) is 8.82. The molecule has 1 amide bonds. The average molecular weight is 591 g/mol. The van der Waals surface area contributed by atoms with E-state index < -0.39 is 5.91 Å². The molecule has 0 aliphatic carbocycles. The molecule has 3 rings (SSSR count). The standard InChI is InChI=1S/C26H21ClFIN2O3/c1-3-33-24-12-17(11-22(29)25(24)34-15-18-6-4-5-7-21(18)28)10-19(14-30)26(32)31-23-13-20(27)9-8-16(23)2/h4-13H,3,15H2,1-2H3,(H,31,32)/b19-10+. The van der Waals surface area contributed by atoms with E-state index in [1.165, 1.54) is 12.1 Å². The van der Waals surface area contributed by atoms with Gasteiger partial charge in [-0.3, -0.25) is 4.79 Å². The van der Waals surface area contributed by atoms with E-state index in [4.69, 9.17) is 21.1 Å². The fourth-order valence-corrected chi connectivity index (χ4v) is 4.03. The molecular weight excluding hydrogens is 570 g/mol. The zero-order chi connectivity index (χ0) is 24.7. The van der Waals surface area contributed by atoms with Crippen LogP contribution in [0.3, 0.4) is 0 Å². The molecular formula is C26H21ClFIN2O3. The van der Waals surface area contributed by atoms with Crippen LogP contribution in [0.2, 0.25) is 5.02 Å². The number of anilines is 1. The maximum absolute atomic E-state index is 14.0. The number of halogens is 3. The molecule has 0 atom stereocenters. The normalized spacial score (nSPS) is 11.0. The lowest BCUT2D eigenvalue weighted by atomic mass is 10.1. The number of nitrogens with one attached hydrogen (secondary N) is 1. The molecule has 0 saturated carbocycles. The van der Waals surface area contributed by atoms with Crippen molar-refractivity contribution in [2.75, 3.05) is 11.9 Å². The first kappa shape index (κ1) is 25.5. The number of carbonyl (C=O) groups is 1. The van der Waals surface area contributed by atoms with Gasteiger partial charge >= 0.3 is 0 Å². The first-order valence-corrected chi connectivity index (χ1v) is 11.8. The molecule has 3 aromatic rings. The van der Waals surface area contributed by atoms with Gasteiger partial charge in [-0.2, -0.15) is 5.26 Å². The van der Waals surface area contributed by atoms with Crippen LogP contribution >= 0.6 is 34.2 Å². The highest BCUT2D eigenvalue weighted by atomic mass is 127. The molecule has 0 bridgehead atoms. The van der Waals surface area contributed by atoms with Gasteiger partial charge in [-0.15, -0.1) is 0 Å². The van der Waals surface area contributed by atoms with Crippen LogP contribution in [0.25, 0.3) is 6.08 Å². The predicted molar refractivity (Wildman–Crippen MR) is 139 cm³/mol. The van der Waals surface area contributed by atoms with Gasteiger partial charge < -0.3 is 14.8 Å². The van der Waals surface area contributed by atoms with E-state index in [1.54, 1.807) is 48.5 Å². The van der Waals surface area contributed by atoms with E-state index in [2.05, 4.69) is 27.9 Å². The third-order valence-electron chi connectivity index (χ3n) is 4.79. The Morgan fingerprint density at radius 2 is 1.97 bits per heavy atom. The molecule has 0 fully saturated rings. The van der Waals surface area contributed by atoms with Crippen molar-refractivity contribution in [3.8, 4) is 17.6 Å². The largest absolute Gasteiger partial charge is 0.490 e. The quantitative estimate of drug-likeness (QED) is 0.176. The van der Waals surface area contributed by atoms with Crippen molar-refractivity contribution in [1.29, 1.82) is 5.26 Å². The maximum Gasteiger partial charge on any atom is 0.266 e. The Morgan fingerprint density at radius 3 is 2.68 bits per heavy atom. The van der Waals surface area contributed by atoms with Crippen molar-refractivity contribution in [2.24, 2.45) is 0 Å². The van der Waals surface area contributed by atoms with Gasteiger partial charge in [0.05, 0.1) is 10.2 Å². The molecule has 5 nitrogen and oxygen atoms in total. The minimum atomic E-state index is -0.555. The Bertz CT molecular complexity index is 1290. The molecule has 1 N–H and O–H groups in total. The Labute approximate surface area is 216 Å². The smallest absolute Gasteiger partial charge is 0.266 e. The van der Waals surface area contributed by atoms with Crippen molar-refractivity contribution in [3.63, 3.8) is 0 Å². The van der Waals surface area contributed by atoms with E-state index in [1.807, 2.05) is 19.9 Å². The van der Waals surface area contributed by atoms with Crippen LogP contribution < -0.4 is 14.8 Å². The van der Waals surface area contributed by atoms with Crippen molar-refractivity contribution in [3.05, 3.63) is 91.3 Å². The average Bonchev–Trinajstić information content (AvgIpc) is 2.80. The summed E-state index contributed by atoms with van der Waals surface area (Å²) in [5, 5.41) is 12.8. The van der Waals surface area contributed by atoms with E-state index >= 15 is 0 Å². The molecule has 0 aliphatic heterocycles. The van der Waals surface area contributed by atoms with Crippen LogP contribution in [0, 0.1) is 27.6 Å². The molecule has 0 unspecified atom stereocenters. The zero-order valence-corrected chi connectivity index (χ0v) is 21.4. The van der Waals surface area contributed by atoms with Gasteiger partial charge in [-0.25, -0.2) is 4.39 Å². The monoisotopic (exact) mass is 590 g/mol. The number of hydrogen-bond donors (Lipinski definition) is 1. The maximum atomic E-state index is 14.0. The minimum Gasteiger partial charge on any atom is -0.490 e. The second-order valence-electron chi connectivity index (χ2n) is 7.23. The van der Waals surface area contributed by atoms with Gasteiger partial charge in [0.1, 0.15) is 24.1 Å². The Kier molecular flexibility index (Phi) is 8.91. The van der Waals surface area contributed by atoms with Crippen LogP contribution in [0.1, 0.15) is 23.6 Å². The van der Waals surface area contributed by atoms with E-state index in [0.29, 0.717) is 43.5 Å². The molecule has 0 spiro atoms. The van der Waals surface area contributed by atoms with Gasteiger partial charge in [0.2, 0.25) is 0 Å². The molecule has 0 heterocycles. The summed E-state index contributed by atoms with van der Waals surface area (Å²) in [6.07, 6.45) is 1.47. The molecule has 34 heavy (non-hydrogen) atoms. The highest BCUT2D eigenvalue weighted by Gasteiger charge is 2.16. The van der Waals surface area contributed by atoms with Gasteiger partial charge in [0.15, 0.2) is 11.5 Å². The number of carbonyl (C=O) groups excluding carboxylic acids is 1. The summed E-state index contributed by atoms with van der Waals surface area (Å²) >= 11 is 8.10. The number of nitriles is 1. The summed E-state index contributed by atoms with van der Waals surface area (Å²) in [6, 6.07) is 16.9. The summed E-state index contributed by atoms with van der Waals surface area (Å²) in [5.74, 6) is -0.0175. The SMILES string of the molecule is CCOc1cc(/C=C(\C#N)C(=O)Nc2cc(Cl)ccc2C)cc(I)c1OCc1ccccc1F. The van der Waals surface area contributed by atoms with Gasteiger partial charge in [-0.05, 0) is 84.0 Å². The number of aryl methyl sites for hydroxylation is 1. The van der Waals surface area contributed by atoms with Gasteiger partial charge in [0.25, 0.3) is 5.91 Å². The number of nitrogens with zero attached hydrogens (tertiary/aromatic N) is 1. The summed E-state index contributed by atoms with van der Waals surface area (Å²) in [5.41, 5.74) is 2.27. The molecule has 8 heteroatoms. The lowest BCUT2D eigenvalue weighted by molar-refractivity contribution is -0.112. The van der Waals surface area contributed by atoms with Gasteiger partial charge in [0, 0.05) is 16.3 Å². The van der Waals surface area contributed by atoms with Gasteiger partial charge in [-0.1, -0.05) is 35.9 Å². The summed E-state index contributed by atoms with van der Waals surface area (Å²) in [6.45, 7) is 4.07. The van der Waals surface area contributed by atoms with Crippen molar-refractivity contribution < 1.29 is 18.7 Å². The van der Waals surface area contributed by atoms with E-state index in [-0.39, 0.29) is 18.0 Å². The molecule has 3 aromatic carbocycles. The highest BCUT2D eigenvalue weighted by molar-refractivity contribution is 14.1. The van der Waals surface area contributed by atoms with Crippen molar-refractivity contribution in [1.82, 2.24) is 0 Å². The number of benzene rings is 3. The fourth-order valence-electron chi connectivity index (χ4n) is 3.07. The first-order chi connectivity index (χ1) is 16.3. The van der Waals surface area contributed by atoms with Crippen LogP contribution in [0.15, 0.2) is 60.2 Å². The first-order valence-electron chi connectivity index (χ1n) is 10.3. The molecule has 0 aromatic heterocycles. The highest BCUT2D eigenvalue weighted by Crippen LogP contribution is 2.36.